The fourth-order valence-electron chi connectivity index (χ4n) is 1.12. The van der Waals surface area contributed by atoms with Gasteiger partial charge >= 0.3 is 0 Å². The van der Waals surface area contributed by atoms with Gasteiger partial charge in [0.05, 0.1) is 11.4 Å². The van der Waals surface area contributed by atoms with E-state index >= 15 is 0 Å². The molecule has 0 aliphatic carbocycles. The molecule has 0 bridgehead atoms. The second-order valence-electron chi connectivity index (χ2n) is 2.82. The molecular formula is C9H9N3O. The van der Waals surface area contributed by atoms with Crippen molar-refractivity contribution in [3.05, 3.63) is 29.8 Å². The normalized spacial score (nSPS) is 10.3. The lowest BCUT2D eigenvalue weighted by molar-refractivity contribution is 0.425. The van der Waals surface area contributed by atoms with E-state index in [1.165, 1.54) is 0 Å². The molecule has 0 spiro atoms. The first-order valence-corrected chi connectivity index (χ1v) is 3.98. The molecule has 0 saturated heterocycles. The standard InChI is InChI=1S/C9H9N3O/c1-6-5-8(13-12-6)9-7(2)10-3-4-11-9/h3-5H,1-2H3. The summed E-state index contributed by atoms with van der Waals surface area (Å²) in [4.78, 5) is 8.28. The van der Waals surface area contributed by atoms with Gasteiger partial charge in [0.1, 0.15) is 5.69 Å². The van der Waals surface area contributed by atoms with E-state index in [-0.39, 0.29) is 0 Å². The summed E-state index contributed by atoms with van der Waals surface area (Å²) in [5, 5.41) is 3.79. The molecule has 2 heterocycles. The third kappa shape index (κ3) is 1.42. The van der Waals surface area contributed by atoms with E-state index in [2.05, 4.69) is 15.1 Å². The lowest BCUT2D eigenvalue weighted by Crippen LogP contribution is -1.88. The van der Waals surface area contributed by atoms with Crippen LogP contribution in [-0.2, 0) is 0 Å². The zero-order valence-electron chi connectivity index (χ0n) is 7.48. The molecule has 0 aliphatic heterocycles. The summed E-state index contributed by atoms with van der Waals surface area (Å²) in [6.45, 7) is 3.76. The van der Waals surface area contributed by atoms with E-state index in [1.54, 1.807) is 12.4 Å². The van der Waals surface area contributed by atoms with Crippen LogP contribution in [0, 0.1) is 13.8 Å². The Bertz CT molecular complexity index is 422. The zero-order valence-corrected chi connectivity index (χ0v) is 7.48. The summed E-state index contributed by atoms with van der Waals surface area (Å²) in [5.41, 5.74) is 2.45. The van der Waals surface area contributed by atoms with Gasteiger partial charge in [0.25, 0.3) is 0 Å². The quantitative estimate of drug-likeness (QED) is 0.662. The predicted molar refractivity (Wildman–Crippen MR) is 47.0 cm³/mol. The summed E-state index contributed by atoms with van der Waals surface area (Å²) in [5.74, 6) is 0.670. The second kappa shape index (κ2) is 2.97. The monoisotopic (exact) mass is 175 g/mol. The summed E-state index contributed by atoms with van der Waals surface area (Å²) < 4.78 is 5.08. The lowest BCUT2D eigenvalue weighted by Gasteiger charge is -1.96. The van der Waals surface area contributed by atoms with Gasteiger partial charge in [0, 0.05) is 18.5 Å². The fraction of sp³-hybridized carbons (Fsp3) is 0.222. The van der Waals surface area contributed by atoms with E-state index < -0.39 is 0 Å². The Balaban J connectivity index is 2.52. The van der Waals surface area contributed by atoms with Crippen molar-refractivity contribution in [1.82, 2.24) is 15.1 Å². The first-order chi connectivity index (χ1) is 6.27. The molecule has 0 aliphatic rings. The van der Waals surface area contributed by atoms with Crippen molar-refractivity contribution in [2.24, 2.45) is 0 Å². The van der Waals surface area contributed by atoms with E-state index in [4.69, 9.17) is 4.52 Å². The largest absolute Gasteiger partial charge is 0.354 e. The molecule has 0 atom stereocenters. The predicted octanol–water partition coefficient (Wildman–Crippen LogP) is 1.75. The van der Waals surface area contributed by atoms with Crippen LogP contribution < -0.4 is 0 Å². The van der Waals surface area contributed by atoms with E-state index in [0.717, 1.165) is 17.1 Å². The molecule has 0 unspecified atom stereocenters. The highest BCUT2D eigenvalue weighted by Gasteiger charge is 2.08. The third-order valence-electron chi connectivity index (χ3n) is 1.74. The number of hydrogen-bond acceptors (Lipinski definition) is 4. The highest BCUT2D eigenvalue weighted by atomic mass is 16.5. The SMILES string of the molecule is Cc1cc(-c2nccnc2C)on1. The van der Waals surface area contributed by atoms with Crippen LogP contribution in [0.2, 0.25) is 0 Å². The first kappa shape index (κ1) is 7.91. The van der Waals surface area contributed by atoms with Crippen LogP contribution in [0.1, 0.15) is 11.4 Å². The number of aryl methyl sites for hydroxylation is 2. The van der Waals surface area contributed by atoms with Gasteiger partial charge in [-0.25, -0.2) is 4.98 Å². The van der Waals surface area contributed by atoms with Gasteiger partial charge in [-0.1, -0.05) is 5.16 Å². The zero-order chi connectivity index (χ0) is 9.26. The smallest absolute Gasteiger partial charge is 0.187 e. The van der Waals surface area contributed by atoms with Gasteiger partial charge in [-0.3, -0.25) is 4.98 Å². The minimum Gasteiger partial charge on any atom is -0.354 e. The molecule has 0 amide bonds. The summed E-state index contributed by atoms with van der Waals surface area (Å²) in [6, 6.07) is 1.84. The Kier molecular flexibility index (Phi) is 1.81. The fourth-order valence-corrected chi connectivity index (χ4v) is 1.12. The maximum absolute atomic E-state index is 5.08. The van der Waals surface area contributed by atoms with Crippen LogP contribution in [-0.4, -0.2) is 15.1 Å². The van der Waals surface area contributed by atoms with Crippen molar-refractivity contribution in [2.75, 3.05) is 0 Å². The Morgan fingerprint density at radius 2 is 1.92 bits per heavy atom. The Hall–Kier alpha value is -1.71. The molecule has 0 N–H and O–H groups in total. The van der Waals surface area contributed by atoms with E-state index in [1.807, 2.05) is 19.9 Å². The van der Waals surface area contributed by atoms with E-state index in [0.29, 0.717) is 5.76 Å². The van der Waals surface area contributed by atoms with Gasteiger partial charge in [0.15, 0.2) is 5.76 Å². The number of nitrogens with zero attached hydrogens (tertiary/aromatic N) is 3. The van der Waals surface area contributed by atoms with Gasteiger partial charge in [-0.05, 0) is 13.8 Å². The van der Waals surface area contributed by atoms with Gasteiger partial charge < -0.3 is 4.52 Å². The van der Waals surface area contributed by atoms with Crippen LogP contribution in [0.5, 0.6) is 0 Å². The van der Waals surface area contributed by atoms with Crippen molar-refractivity contribution in [1.29, 1.82) is 0 Å². The van der Waals surface area contributed by atoms with Crippen molar-refractivity contribution in [3.63, 3.8) is 0 Å². The van der Waals surface area contributed by atoms with Gasteiger partial charge in [-0.2, -0.15) is 0 Å². The molecule has 0 aromatic carbocycles. The van der Waals surface area contributed by atoms with Crippen molar-refractivity contribution < 1.29 is 4.52 Å². The maximum Gasteiger partial charge on any atom is 0.187 e. The van der Waals surface area contributed by atoms with Crippen molar-refractivity contribution >= 4 is 0 Å². The van der Waals surface area contributed by atoms with Crippen LogP contribution in [0.25, 0.3) is 11.5 Å². The van der Waals surface area contributed by atoms with E-state index in [9.17, 15) is 0 Å². The molecule has 2 rings (SSSR count). The first-order valence-electron chi connectivity index (χ1n) is 3.98. The molecule has 66 valence electrons. The molecule has 0 fully saturated rings. The van der Waals surface area contributed by atoms with Gasteiger partial charge in [0.2, 0.25) is 0 Å². The average Bonchev–Trinajstić information content (AvgIpc) is 2.53. The molecule has 0 radical (unpaired) electrons. The molecule has 2 aromatic heterocycles. The molecule has 4 heteroatoms. The Morgan fingerprint density at radius 3 is 2.54 bits per heavy atom. The van der Waals surface area contributed by atoms with Crippen LogP contribution in [0.3, 0.4) is 0 Å². The topological polar surface area (TPSA) is 51.8 Å². The highest BCUT2D eigenvalue weighted by molar-refractivity contribution is 5.54. The summed E-state index contributed by atoms with van der Waals surface area (Å²) in [7, 11) is 0. The number of aromatic nitrogens is 3. The molecule has 0 saturated carbocycles. The molecule has 13 heavy (non-hydrogen) atoms. The third-order valence-corrected chi connectivity index (χ3v) is 1.74. The Labute approximate surface area is 75.6 Å². The minimum absolute atomic E-state index is 0.670. The van der Waals surface area contributed by atoms with Crippen LogP contribution in [0.4, 0.5) is 0 Å². The second-order valence-corrected chi connectivity index (χ2v) is 2.82. The summed E-state index contributed by atoms with van der Waals surface area (Å²) >= 11 is 0. The average molecular weight is 175 g/mol. The number of rotatable bonds is 1. The molecular weight excluding hydrogens is 166 g/mol. The summed E-state index contributed by atoms with van der Waals surface area (Å²) in [6.07, 6.45) is 3.29. The maximum atomic E-state index is 5.08. The van der Waals surface area contributed by atoms with Crippen molar-refractivity contribution in [2.45, 2.75) is 13.8 Å². The van der Waals surface area contributed by atoms with Crippen LogP contribution >= 0.6 is 0 Å². The number of hydrogen-bond donors (Lipinski definition) is 0. The van der Waals surface area contributed by atoms with Crippen molar-refractivity contribution in [3.8, 4) is 11.5 Å². The minimum atomic E-state index is 0.670. The van der Waals surface area contributed by atoms with Gasteiger partial charge in [-0.15, -0.1) is 0 Å². The molecule has 4 nitrogen and oxygen atoms in total. The highest BCUT2D eigenvalue weighted by Crippen LogP contribution is 2.19. The lowest BCUT2D eigenvalue weighted by atomic mass is 10.2. The molecule has 2 aromatic rings. The van der Waals surface area contributed by atoms with Crippen LogP contribution in [0.15, 0.2) is 23.0 Å². The Morgan fingerprint density at radius 1 is 1.15 bits per heavy atom.